The molecule has 1 aliphatic rings. The fraction of sp³-hybridized carbons (Fsp3) is 0.194. The van der Waals surface area contributed by atoms with Gasteiger partial charge in [-0.05, 0) is 46.0 Å². The Bertz CT molecular complexity index is 1360. The number of ether oxygens (including phenoxy) is 2. The van der Waals surface area contributed by atoms with E-state index >= 15 is 0 Å². The highest BCUT2D eigenvalue weighted by Crippen LogP contribution is 2.44. The second-order valence-electron chi connectivity index (χ2n) is 9.17. The zero-order valence-corrected chi connectivity index (χ0v) is 20.6. The second-order valence-corrected chi connectivity index (χ2v) is 9.17. The molecule has 194 valence electrons. The van der Waals surface area contributed by atoms with Gasteiger partial charge >= 0.3 is 6.09 Å². The van der Waals surface area contributed by atoms with E-state index in [-0.39, 0.29) is 31.5 Å². The Morgan fingerprint density at radius 1 is 0.842 bits per heavy atom. The minimum absolute atomic E-state index is 0.0669. The number of alkyl carbamates (subject to hydrolysis) is 1. The van der Waals surface area contributed by atoms with Crippen LogP contribution in [0.3, 0.4) is 0 Å². The van der Waals surface area contributed by atoms with Crippen LogP contribution >= 0.6 is 0 Å². The van der Waals surface area contributed by atoms with E-state index < -0.39 is 18.3 Å². The van der Waals surface area contributed by atoms with Crippen LogP contribution in [0.4, 0.5) is 9.18 Å². The topological polar surface area (TPSA) is 88.0 Å². The normalized spacial score (nSPS) is 13.8. The summed E-state index contributed by atoms with van der Waals surface area (Å²) >= 11 is 0. The van der Waals surface area contributed by atoms with Gasteiger partial charge in [-0.1, -0.05) is 78.9 Å². The molecule has 1 aliphatic carbocycles. The molecule has 1 amide bonds. The van der Waals surface area contributed by atoms with Crippen molar-refractivity contribution in [2.45, 2.75) is 24.7 Å². The molecule has 0 aliphatic heterocycles. The van der Waals surface area contributed by atoms with E-state index in [9.17, 15) is 19.4 Å². The molecule has 7 heteroatoms. The van der Waals surface area contributed by atoms with Crippen LogP contribution < -0.4 is 10.1 Å². The minimum Gasteiger partial charge on any atom is -0.489 e. The van der Waals surface area contributed by atoms with Crippen molar-refractivity contribution >= 4 is 6.09 Å². The Morgan fingerprint density at radius 3 is 2.11 bits per heavy atom. The summed E-state index contributed by atoms with van der Waals surface area (Å²) in [5, 5.41) is 23.5. The van der Waals surface area contributed by atoms with Crippen LogP contribution in [0.1, 0.15) is 34.3 Å². The van der Waals surface area contributed by atoms with E-state index in [2.05, 4.69) is 17.4 Å². The Labute approximate surface area is 220 Å². The summed E-state index contributed by atoms with van der Waals surface area (Å²) in [4.78, 5) is 12.4. The third-order valence-corrected chi connectivity index (χ3v) is 6.74. The summed E-state index contributed by atoms with van der Waals surface area (Å²) in [5.74, 6) is 0.0878. The average molecular weight is 514 g/mol. The van der Waals surface area contributed by atoms with Crippen LogP contribution in [0.2, 0.25) is 0 Å². The lowest BCUT2D eigenvalue weighted by molar-refractivity contribution is 0.0185. The first kappa shape index (κ1) is 25.4. The van der Waals surface area contributed by atoms with Gasteiger partial charge in [0.15, 0.2) is 0 Å². The van der Waals surface area contributed by atoms with Gasteiger partial charge in [0.1, 0.15) is 37.0 Å². The number of halogens is 1. The Hall–Kier alpha value is -4.20. The van der Waals surface area contributed by atoms with E-state index in [1.165, 1.54) is 6.07 Å². The van der Waals surface area contributed by atoms with Crippen molar-refractivity contribution in [2.24, 2.45) is 0 Å². The highest BCUT2D eigenvalue weighted by molar-refractivity contribution is 5.79. The van der Waals surface area contributed by atoms with Crippen molar-refractivity contribution in [1.29, 1.82) is 0 Å². The van der Waals surface area contributed by atoms with Crippen LogP contribution in [-0.2, 0) is 11.3 Å². The Kier molecular flexibility index (Phi) is 7.67. The van der Waals surface area contributed by atoms with Crippen molar-refractivity contribution < 1.29 is 28.9 Å². The standard InChI is InChI=1S/C31H28FNO5/c32-28-12-6-1-7-21(28)18-37-22-15-13-20(14-16-22)30(35)29(34)17-33-31(36)38-19-27-25-10-4-2-8-23(25)24-9-3-5-11-26(24)27/h1-16,27,29-30,34-35H,17-19H2,(H,33,36). The number of carbonyl (C=O) groups excluding carboxylic acids is 1. The molecule has 0 radical (unpaired) electrons. The summed E-state index contributed by atoms with van der Waals surface area (Å²) in [6, 6.07) is 29.0. The molecule has 6 nitrogen and oxygen atoms in total. The summed E-state index contributed by atoms with van der Waals surface area (Å²) in [7, 11) is 0. The number of aliphatic hydroxyl groups is 2. The summed E-state index contributed by atoms with van der Waals surface area (Å²) in [6.45, 7) is 0.0392. The lowest BCUT2D eigenvalue weighted by atomic mass is 9.98. The number of fused-ring (bicyclic) bond motifs is 3. The zero-order valence-electron chi connectivity index (χ0n) is 20.6. The van der Waals surface area contributed by atoms with Crippen molar-refractivity contribution in [1.82, 2.24) is 5.32 Å². The summed E-state index contributed by atoms with van der Waals surface area (Å²) < 4.78 is 24.8. The summed E-state index contributed by atoms with van der Waals surface area (Å²) in [5.41, 5.74) is 5.38. The molecule has 0 bridgehead atoms. The molecule has 0 spiro atoms. The van der Waals surface area contributed by atoms with E-state index in [0.29, 0.717) is 16.9 Å². The second kappa shape index (κ2) is 11.5. The molecular weight excluding hydrogens is 485 g/mol. The lowest BCUT2D eigenvalue weighted by Gasteiger charge is -2.19. The fourth-order valence-corrected chi connectivity index (χ4v) is 4.71. The third-order valence-electron chi connectivity index (χ3n) is 6.74. The van der Waals surface area contributed by atoms with E-state index in [1.54, 1.807) is 42.5 Å². The number of hydrogen-bond acceptors (Lipinski definition) is 5. The Morgan fingerprint density at radius 2 is 1.45 bits per heavy atom. The Balaban J connectivity index is 1.10. The highest BCUT2D eigenvalue weighted by Gasteiger charge is 2.29. The molecule has 0 aromatic heterocycles. The van der Waals surface area contributed by atoms with Crippen molar-refractivity contribution in [3.63, 3.8) is 0 Å². The van der Waals surface area contributed by atoms with E-state index in [0.717, 1.165) is 22.3 Å². The number of hydrogen-bond donors (Lipinski definition) is 3. The molecule has 0 saturated heterocycles. The smallest absolute Gasteiger partial charge is 0.407 e. The van der Waals surface area contributed by atoms with Gasteiger partial charge in [-0.2, -0.15) is 0 Å². The number of benzene rings is 4. The predicted molar refractivity (Wildman–Crippen MR) is 141 cm³/mol. The molecule has 0 fully saturated rings. The number of aliphatic hydroxyl groups excluding tert-OH is 2. The van der Waals surface area contributed by atoms with Gasteiger partial charge in [-0.15, -0.1) is 0 Å². The van der Waals surface area contributed by atoms with Crippen molar-refractivity contribution in [3.05, 3.63) is 125 Å². The first-order valence-electron chi connectivity index (χ1n) is 12.4. The van der Waals surface area contributed by atoms with Gasteiger partial charge in [-0.25, -0.2) is 9.18 Å². The molecular formula is C31H28FNO5. The van der Waals surface area contributed by atoms with Crippen LogP contribution in [0.15, 0.2) is 97.1 Å². The third kappa shape index (κ3) is 5.54. The van der Waals surface area contributed by atoms with Crippen LogP contribution in [0.5, 0.6) is 5.75 Å². The van der Waals surface area contributed by atoms with E-state index in [1.807, 2.05) is 36.4 Å². The molecule has 4 aromatic carbocycles. The average Bonchev–Trinajstić information content (AvgIpc) is 3.28. The van der Waals surface area contributed by atoms with E-state index in [4.69, 9.17) is 9.47 Å². The number of nitrogens with one attached hydrogen (secondary N) is 1. The zero-order chi connectivity index (χ0) is 26.5. The van der Waals surface area contributed by atoms with Crippen molar-refractivity contribution in [3.8, 4) is 16.9 Å². The van der Waals surface area contributed by atoms with Crippen LogP contribution in [0.25, 0.3) is 11.1 Å². The number of carbonyl (C=O) groups is 1. The monoisotopic (exact) mass is 513 g/mol. The maximum Gasteiger partial charge on any atom is 0.407 e. The van der Waals surface area contributed by atoms with Gasteiger partial charge in [0.05, 0.1) is 0 Å². The largest absolute Gasteiger partial charge is 0.489 e. The molecule has 3 N–H and O–H groups in total. The number of rotatable bonds is 9. The van der Waals surface area contributed by atoms with Crippen LogP contribution in [0, 0.1) is 5.82 Å². The molecule has 5 rings (SSSR count). The fourth-order valence-electron chi connectivity index (χ4n) is 4.71. The quantitative estimate of drug-likeness (QED) is 0.281. The van der Waals surface area contributed by atoms with Gasteiger partial charge in [0.2, 0.25) is 0 Å². The minimum atomic E-state index is -1.25. The summed E-state index contributed by atoms with van der Waals surface area (Å²) in [6.07, 6.45) is -3.15. The number of amides is 1. The maximum atomic E-state index is 13.7. The van der Waals surface area contributed by atoms with Gasteiger partial charge in [0.25, 0.3) is 0 Å². The molecule has 2 atom stereocenters. The molecule has 0 saturated carbocycles. The first-order valence-corrected chi connectivity index (χ1v) is 12.4. The van der Waals surface area contributed by atoms with Gasteiger partial charge < -0.3 is 25.0 Å². The lowest BCUT2D eigenvalue weighted by Crippen LogP contribution is -2.36. The molecule has 2 unspecified atom stereocenters. The first-order chi connectivity index (χ1) is 18.5. The highest BCUT2D eigenvalue weighted by atomic mass is 19.1. The van der Waals surface area contributed by atoms with Crippen molar-refractivity contribution in [2.75, 3.05) is 13.2 Å². The van der Waals surface area contributed by atoms with Crippen LogP contribution in [-0.4, -0.2) is 35.6 Å². The van der Waals surface area contributed by atoms with Gasteiger partial charge in [-0.3, -0.25) is 0 Å². The predicted octanol–water partition coefficient (Wildman–Crippen LogP) is 5.34. The SMILES string of the molecule is O=C(NCC(O)C(O)c1ccc(OCc2ccccc2F)cc1)OCC1c2ccccc2-c2ccccc21. The van der Waals surface area contributed by atoms with Gasteiger partial charge in [0, 0.05) is 18.0 Å². The molecule has 4 aromatic rings. The maximum absolute atomic E-state index is 13.7. The molecule has 0 heterocycles. The molecule has 38 heavy (non-hydrogen) atoms.